The molecular formula is C11H10Cl2N2O2S2. The van der Waals surface area contributed by atoms with Crippen LogP contribution in [0.4, 0.5) is 0 Å². The average molecular weight is 337 g/mol. The van der Waals surface area contributed by atoms with E-state index in [-0.39, 0.29) is 9.92 Å². The van der Waals surface area contributed by atoms with Crippen LogP contribution >= 0.6 is 34.5 Å². The van der Waals surface area contributed by atoms with Gasteiger partial charge in [0.2, 0.25) is 10.0 Å². The molecule has 0 amide bonds. The number of sulfonamides is 1. The average Bonchev–Trinajstić information content (AvgIpc) is 2.85. The molecule has 0 aliphatic rings. The first-order chi connectivity index (χ1) is 8.99. The summed E-state index contributed by atoms with van der Waals surface area (Å²) in [6.45, 7) is 0.310. The van der Waals surface area contributed by atoms with Gasteiger partial charge in [0.25, 0.3) is 0 Å². The lowest BCUT2D eigenvalue weighted by Crippen LogP contribution is -2.25. The Hall–Kier alpha value is -0.660. The van der Waals surface area contributed by atoms with E-state index in [2.05, 4.69) is 9.71 Å². The topological polar surface area (TPSA) is 59.1 Å². The number of nitrogens with one attached hydrogen (secondary N) is 1. The van der Waals surface area contributed by atoms with Crippen LogP contribution in [-0.2, 0) is 16.4 Å². The zero-order valence-corrected chi connectivity index (χ0v) is 12.8. The molecule has 19 heavy (non-hydrogen) atoms. The molecular weight excluding hydrogens is 327 g/mol. The van der Waals surface area contributed by atoms with E-state index in [1.54, 1.807) is 11.7 Å². The van der Waals surface area contributed by atoms with E-state index in [0.29, 0.717) is 18.0 Å². The number of benzene rings is 1. The second kappa shape index (κ2) is 6.19. The second-order valence-corrected chi connectivity index (χ2v) is 7.24. The van der Waals surface area contributed by atoms with Gasteiger partial charge in [0.05, 0.1) is 20.5 Å². The number of rotatable bonds is 5. The van der Waals surface area contributed by atoms with Crippen LogP contribution < -0.4 is 4.72 Å². The molecule has 0 bridgehead atoms. The molecule has 1 aromatic heterocycles. The maximum Gasteiger partial charge on any atom is 0.240 e. The van der Waals surface area contributed by atoms with Crippen molar-refractivity contribution in [2.45, 2.75) is 11.3 Å². The highest BCUT2D eigenvalue weighted by Crippen LogP contribution is 2.24. The van der Waals surface area contributed by atoms with Crippen molar-refractivity contribution in [3.05, 3.63) is 44.8 Å². The third kappa shape index (κ3) is 3.90. The highest BCUT2D eigenvalue weighted by Gasteiger charge is 2.14. The third-order valence-electron chi connectivity index (χ3n) is 2.35. The summed E-state index contributed by atoms with van der Waals surface area (Å²) in [6, 6.07) is 4.21. The Labute approximate surface area is 125 Å². The maximum atomic E-state index is 12.0. The van der Waals surface area contributed by atoms with Crippen LogP contribution in [0.25, 0.3) is 0 Å². The summed E-state index contributed by atoms with van der Waals surface area (Å²) in [7, 11) is -3.56. The fraction of sp³-hybridized carbons (Fsp3) is 0.182. The highest BCUT2D eigenvalue weighted by molar-refractivity contribution is 7.89. The van der Waals surface area contributed by atoms with E-state index in [1.807, 2.05) is 0 Å². The molecule has 102 valence electrons. The number of thiazole rings is 1. The molecule has 0 spiro atoms. The molecule has 8 heteroatoms. The minimum Gasteiger partial charge on any atom is -0.253 e. The molecule has 1 heterocycles. The fourth-order valence-corrected chi connectivity index (χ4v) is 3.42. The Morgan fingerprint density at radius 3 is 2.68 bits per heavy atom. The van der Waals surface area contributed by atoms with Crippen LogP contribution in [0.5, 0.6) is 0 Å². The van der Waals surface area contributed by atoms with E-state index in [9.17, 15) is 8.42 Å². The number of hydrogen-bond acceptors (Lipinski definition) is 4. The van der Waals surface area contributed by atoms with E-state index < -0.39 is 10.0 Å². The zero-order chi connectivity index (χ0) is 13.9. The molecule has 0 saturated heterocycles. The van der Waals surface area contributed by atoms with Gasteiger partial charge >= 0.3 is 0 Å². The van der Waals surface area contributed by atoms with Crippen molar-refractivity contribution >= 4 is 44.6 Å². The summed E-state index contributed by atoms with van der Waals surface area (Å²) in [5.41, 5.74) is 1.71. The number of nitrogens with zero attached hydrogens (tertiary/aromatic N) is 1. The summed E-state index contributed by atoms with van der Waals surface area (Å²) in [6.07, 6.45) is 2.32. The first-order valence-electron chi connectivity index (χ1n) is 5.31. The lowest BCUT2D eigenvalue weighted by Gasteiger charge is -2.06. The first kappa shape index (κ1) is 14.7. The van der Waals surface area contributed by atoms with Crippen molar-refractivity contribution < 1.29 is 8.42 Å². The van der Waals surface area contributed by atoms with Crippen molar-refractivity contribution in [2.75, 3.05) is 6.54 Å². The Bertz CT molecular complexity index is 657. The lowest BCUT2D eigenvalue weighted by atomic mass is 10.4. The Kier molecular flexibility index (Phi) is 4.81. The van der Waals surface area contributed by atoms with Gasteiger partial charge < -0.3 is 0 Å². The normalized spacial score (nSPS) is 11.7. The Balaban J connectivity index is 2.03. The van der Waals surface area contributed by atoms with Gasteiger partial charge in [-0.05, 0) is 24.6 Å². The predicted octanol–water partition coefficient (Wildman–Crippen LogP) is 2.97. The maximum absolute atomic E-state index is 12.0. The SMILES string of the molecule is O=S(=O)(NCCc1cncs1)c1ccc(Cl)c(Cl)c1. The van der Waals surface area contributed by atoms with E-state index in [4.69, 9.17) is 23.2 Å². The van der Waals surface area contributed by atoms with Gasteiger partial charge in [0.15, 0.2) is 0 Å². The van der Waals surface area contributed by atoms with E-state index >= 15 is 0 Å². The molecule has 1 N–H and O–H groups in total. The summed E-state index contributed by atoms with van der Waals surface area (Å²) in [5.74, 6) is 0. The molecule has 0 aliphatic heterocycles. The second-order valence-electron chi connectivity index (χ2n) is 3.69. The van der Waals surface area contributed by atoms with Crippen LogP contribution in [-0.4, -0.2) is 19.9 Å². The van der Waals surface area contributed by atoms with Crippen LogP contribution in [0.3, 0.4) is 0 Å². The van der Waals surface area contributed by atoms with Crippen LogP contribution in [0.15, 0.2) is 34.8 Å². The minimum atomic E-state index is -3.56. The summed E-state index contributed by atoms with van der Waals surface area (Å²) < 4.78 is 26.5. The van der Waals surface area contributed by atoms with E-state index in [0.717, 1.165) is 4.88 Å². The summed E-state index contributed by atoms with van der Waals surface area (Å²) in [4.78, 5) is 5.05. The highest BCUT2D eigenvalue weighted by atomic mass is 35.5. The van der Waals surface area contributed by atoms with Crippen molar-refractivity contribution in [2.24, 2.45) is 0 Å². The number of aromatic nitrogens is 1. The molecule has 4 nitrogen and oxygen atoms in total. The Morgan fingerprint density at radius 2 is 2.05 bits per heavy atom. The molecule has 0 saturated carbocycles. The van der Waals surface area contributed by atoms with Gasteiger partial charge in [0, 0.05) is 17.6 Å². The number of halogens is 2. The van der Waals surface area contributed by atoms with E-state index in [1.165, 1.54) is 29.5 Å². The molecule has 0 atom stereocenters. The molecule has 0 radical (unpaired) electrons. The predicted molar refractivity (Wildman–Crippen MR) is 77.5 cm³/mol. The molecule has 2 aromatic rings. The summed E-state index contributed by atoms with van der Waals surface area (Å²) >= 11 is 13.0. The zero-order valence-electron chi connectivity index (χ0n) is 9.64. The van der Waals surface area contributed by atoms with Gasteiger partial charge in [-0.15, -0.1) is 11.3 Å². The monoisotopic (exact) mass is 336 g/mol. The van der Waals surface area contributed by atoms with Crippen LogP contribution in [0, 0.1) is 0 Å². The number of hydrogen-bond donors (Lipinski definition) is 1. The van der Waals surface area contributed by atoms with Gasteiger partial charge in [-0.1, -0.05) is 23.2 Å². The minimum absolute atomic E-state index is 0.103. The van der Waals surface area contributed by atoms with Crippen molar-refractivity contribution in [3.8, 4) is 0 Å². The molecule has 2 rings (SSSR count). The van der Waals surface area contributed by atoms with Crippen molar-refractivity contribution in [1.82, 2.24) is 9.71 Å². The Morgan fingerprint density at radius 1 is 1.26 bits per heavy atom. The van der Waals surface area contributed by atoms with Crippen molar-refractivity contribution in [1.29, 1.82) is 0 Å². The third-order valence-corrected chi connectivity index (χ3v) is 5.39. The van der Waals surface area contributed by atoms with Crippen LogP contribution in [0.1, 0.15) is 4.88 Å². The molecule has 0 fully saturated rings. The quantitative estimate of drug-likeness (QED) is 0.913. The molecule has 0 unspecified atom stereocenters. The molecule has 0 aliphatic carbocycles. The van der Waals surface area contributed by atoms with Crippen LogP contribution in [0.2, 0.25) is 10.0 Å². The van der Waals surface area contributed by atoms with Gasteiger partial charge in [-0.2, -0.15) is 0 Å². The lowest BCUT2D eigenvalue weighted by molar-refractivity contribution is 0.582. The molecule has 1 aromatic carbocycles. The standard InChI is InChI=1S/C11H10Cl2N2O2S2/c12-10-2-1-9(5-11(10)13)19(16,17)15-4-3-8-6-14-7-18-8/h1-2,5-7,15H,3-4H2. The largest absolute Gasteiger partial charge is 0.253 e. The smallest absolute Gasteiger partial charge is 0.240 e. The van der Waals surface area contributed by atoms with Gasteiger partial charge in [-0.25, -0.2) is 13.1 Å². The van der Waals surface area contributed by atoms with Gasteiger partial charge in [-0.3, -0.25) is 4.98 Å². The fourth-order valence-electron chi connectivity index (χ4n) is 1.40. The first-order valence-corrected chi connectivity index (χ1v) is 8.43. The van der Waals surface area contributed by atoms with Gasteiger partial charge in [0.1, 0.15) is 0 Å². The summed E-state index contributed by atoms with van der Waals surface area (Å²) in [5, 5.41) is 0.539. The van der Waals surface area contributed by atoms with Crippen molar-refractivity contribution in [3.63, 3.8) is 0 Å².